The molecule has 0 saturated carbocycles. The number of ether oxygens (including phenoxy) is 1. The fourth-order valence-corrected chi connectivity index (χ4v) is 3.82. The van der Waals surface area contributed by atoms with Crippen LogP contribution in [0.2, 0.25) is 0 Å². The average Bonchev–Trinajstić information content (AvgIpc) is 2.94. The average molecular weight is 527 g/mol. The lowest BCUT2D eigenvalue weighted by molar-refractivity contribution is 0.250. The Bertz CT molecular complexity index is 1380. The Morgan fingerprint density at radius 3 is 2.10 bits per heavy atom. The van der Waals surface area contributed by atoms with E-state index in [2.05, 4.69) is 29.8 Å². The summed E-state index contributed by atoms with van der Waals surface area (Å²) < 4.78 is 20.0. The van der Waals surface area contributed by atoms with Crippen molar-refractivity contribution >= 4 is 29.1 Å². The Labute approximate surface area is 227 Å². The Kier molecular flexibility index (Phi) is 9.13. The minimum Gasteiger partial charge on any atom is -0.457 e. The number of halogens is 1. The molecule has 0 saturated heterocycles. The lowest BCUT2D eigenvalue weighted by atomic mass is 10.0. The number of rotatable bonds is 9. The molecule has 0 aromatic heterocycles. The molecule has 4 amide bonds. The molecule has 4 rings (SSSR count). The highest BCUT2D eigenvalue weighted by Crippen LogP contribution is 2.25. The number of nitrogens with zero attached hydrogens (tertiary/aromatic N) is 1. The molecule has 0 aliphatic carbocycles. The first-order valence-corrected chi connectivity index (χ1v) is 12.7. The number of para-hydroxylation sites is 2. The van der Waals surface area contributed by atoms with Gasteiger partial charge in [-0.25, -0.2) is 14.0 Å². The van der Waals surface area contributed by atoms with Gasteiger partial charge < -0.3 is 20.7 Å². The van der Waals surface area contributed by atoms with Crippen LogP contribution in [0.1, 0.15) is 25.3 Å². The first-order valence-electron chi connectivity index (χ1n) is 12.7. The molecule has 39 heavy (non-hydrogen) atoms. The topological polar surface area (TPSA) is 82.7 Å². The molecule has 0 radical (unpaired) electrons. The minimum atomic E-state index is -0.543. The van der Waals surface area contributed by atoms with Crippen LogP contribution in [0.4, 0.5) is 31.0 Å². The van der Waals surface area contributed by atoms with Crippen molar-refractivity contribution in [1.29, 1.82) is 0 Å². The molecule has 4 aromatic rings. The highest BCUT2D eigenvalue weighted by molar-refractivity contribution is 6.02. The number of nitrogens with one attached hydrogen (secondary N) is 3. The zero-order valence-corrected chi connectivity index (χ0v) is 21.9. The molecule has 0 spiro atoms. The van der Waals surface area contributed by atoms with Crippen molar-refractivity contribution in [2.45, 2.75) is 19.8 Å². The summed E-state index contributed by atoms with van der Waals surface area (Å²) in [4.78, 5) is 27.1. The second-order valence-electron chi connectivity index (χ2n) is 9.13. The third-order valence-electron chi connectivity index (χ3n) is 5.94. The fourth-order valence-electron chi connectivity index (χ4n) is 3.82. The molecule has 200 valence electrons. The van der Waals surface area contributed by atoms with Gasteiger partial charge >= 0.3 is 12.1 Å². The Hall–Kier alpha value is -4.85. The van der Waals surface area contributed by atoms with E-state index in [1.165, 1.54) is 22.6 Å². The van der Waals surface area contributed by atoms with E-state index in [-0.39, 0.29) is 18.8 Å². The second-order valence-corrected chi connectivity index (χ2v) is 9.13. The van der Waals surface area contributed by atoms with Crippen LogP contribution in [0.25, 0.3) is 0 Å². The van der Waals surface area contributed by atoms with Gasteiger partial charge in [0, 0.05) is 24.5 Å². The van der Waals surface area contributed by atoms with Crippen molar-refractivity contribution in [1.82, 2.24) is 5.32 Å². The SMILES string of the molecule is CC(C)c1ccc(NC(=O)NCCN(C(=O)Nc2ccccc2F)c2ccc(Oc3ccccc3)cc2)cc1. The molecule has 0 bridgehead atoms. The first-order chi connectivity index (χ1) is 18.9. The Morgan fingerprint density at radius 2 is 1.44 bits per heavy atom. The highest BCUT2D eigenvalue weighted by Gasteiger charge is 2.18. The lowest BCUT2D eigenvalue weighted by Crippen LogP contribution is -2.42. The third-order valence-corrected chi connectivity index (χ3v) is 5.94. The molecular formula is C31H31FN4O3. The summed E-state index contributed by atoms with van der Waals surface area (Å²) >= 11 is 0. The van der Waals surface area contributed by atoms with Crippen LogP contribution in [0.5, 0.6) is 11.5 Å². The number of carbonyl (C=O) groups excluding carboxylic acids is 2. The Balaban J connectivity index is 1.42. The number of hydrogen-bond donors (Lipinski definition) is 3. The van der Waals surface area contributed by atoms with Crippen LogP contribution >= 0.6 is 0 Å². The van der Waals surface area contributed by atoms with E-state index in [1.54, 1.807) is 36.4 Å². The second kappa shape index (κ2) is 13.1. The number of amides is 4. The first kappa shape index (κ1) is 27.2. The summed E-state index contributed by atoms with van der Waals surface area (Å²) in [6, 6.07) is 28.9. The molecule has 7 nitrogen and oxygen atoms in total. The van der Waals surface area contributed by atoms with Gasteiger partial charge in [0.25, 0.3) is 0 Å². The number of benzene rings is 4. The van der Waals surface area contributed by atoms with E-state index >= 15 is 0 Å². The maximum absolute atomic E-state index is 14.2. The van der Waals surface area contributed by atoms with Crippen LogP contribution in [0.3, 0.4) is 0 Å². The molecule has 0 heterocycles. The minimum absolute atomic E-state index is 0.0621. The van der Waals surface area contributed by atoms with Gasteiger partial charge in [0.2, 0.25) is 0 Å². The predicted octanol–water partition coefficient (Wildman–Crippen LogP) is 7.60. The standard InChI is InChI=1S/C31H31FN4O3/c1-22(2)23-12-14-24(15-13-23)34-30(37)33-20-21-36(31(38)35-29-11-7-6-10-28(29)32)25-16-18-27(19-17-25)39-26-8-4-3-5-9-26/h3-19,22H,20-21H2,1-2H3,(H,35,38)(H2,33,34,37). The number of urea groups is 2. The summed E-state index contributed by atoms with van der Waals surface area (Å²) in [5.74, 6) is 1.14. The maximum Gasteiger partial charge on any atom is 0.326 e. The molecule has 0 unspecified atom stereocenters. The number of anilines is 3. The van der Waals surface area contributed by atoms with Crippen LogP contribution in [-0.2, 0) is 0 Å². The summed E-state index contributed by atoms with van der Waals surface area (Å²) in [5.41, 5.74) is 2.46. The molecule has 0 aliphatic rings. The quantitative estimate of drug-likeness (QED) is 0.210. The molecule has 4 aromatic carbocycles. The van der Waals surface area contributed by atoms with Crippen LogP contribution in [0.15, 0.2) is 103 Å². The van der Waals surface area contributed by atoms with Crippen molar-refractivity contribution in [2.24, 2.45) is 0 Å². The third kappa shape index (κ3) is 7.82. The maximum atomic E-state index is 14.2. The summed E-state index contributed by atoms with van der Waals surface area (Å²) in [6.07, 6.45) is 0. The summed E-state index contributed by atoms with van der Waals surface area (Å²) in [6.45, 7) is 4.50. The van der Waals surface area contributed by atoms with E-state index in [0.29, 0.717) is 28.8 Å². The molecule has 3 N–H and O–H groups in total. The van der Waals surface area contributed by atoms with Crippen molar-refractivity contribution in [3.63, 3.8) is 0 Å². The van der Waals surface area contributed by atoms with Crippen molar-refractivity contribution in [3.05, 3.63) is 115 Å². The van der Waals surface area contributed by atoms with Crippen LogP contribution < -0.4 is 25.6 Å². The molecule has 0 aliphatic heterocycles. The van der Waals surface area contributed by atoms with E-state index in [9.17, 15) is 14.0 Å². The number of hydrogen-bond acceptors (Lipinski definition) is 3. The van der Waals surface area contributed by atoms with Gasteiger partial charge in [-0.1, -0.05) is 56.3 Å². The molecule has 0 atom stereocenters. The van der Waals surface area contributed by atoms with Gasteiger partial charge in [0.15, 0.2) is 0 Å². The van der Waals surface area contributed by atoms with Gasteiger partial charge in [-0.2, -0.15) is 0 Å². The van der Waals surface area contributed by atoms with Gasteiger partial charge in [-0.15, -0.1) is 0 Å². The van der Waals surface area contributed by atoms with E-state index < -0.39 is 17.9 Å². The number of carbonyl (C=O) groups is 2. The zero-order valence-electron chi connectivity index (χ0n) is 21.9. The zero-order chi connectivity index (χ0) is 27.6. The summed E-state index contributed by atoms with van der Waals surface area (Å²) in [7, 11) is 0. The lowest BCUT2D eigenvalue weighted by Gasteiger charge is -2.24. The van der Waals surface area contributed by atoms with Gasteiger partial charge in [-0.3, -0.25) is 4.90 Å². The highest BCUT2D eigenvalue weighted by atomic mass is 19.1. The van der Waals surface area contributed by atoms with Crippen molar-refractivity contribution in [3.8, 4) is 11.5 Å². The predicted molar refractivity (Wildman–Crippen MR) is 153 cm³/mol. The van der Waals surface area contributed by atoms with E-state index in [0.717, 1.165) is 0 Å². The van der Waals surface area contributed by atoms with Gasteiger partial charge in [-0.05, 0) is 72.1 Å². The summed E-state index contributed by atoms with van der Waals surface area (Å²) in [5, 5.41) is 8.17. The smallest absolute Gasteiger partial charge is 0.326 e. The fraction of sp³-hybridized carbons (Fsp3) is 0.161. The molecular weight excluding hydrogens is 495 g/mol. The van der Waals surface area contributed by atoms with Gasteiger partial charge in [0.1, 0.15) is 17.3 Å². The normalized spacial score (nSPS) is 10.6. The van der Waals surface area contributed by atoms with Crippen LogP contribution in [0, 0.1) is 5.82 Å². The molecule has 0 fully saturated rings. The van der Waals surface area contributed by atoms with Crippen molar-refractivity contribution in [2.75, 3.05) is 28.6 Å². The largest absolute Gasteiger partial charge is 0.457 e. The molecule has 8 heteroatoms. The Morgan fingerprint density at radius 1 is 0.795 bits per heavy atom. The van der Waals surface area contributed by atoms with Crippen LogP contribution in [-0.4, -0.2) is 25.2 Å². The van der Waals surface area contributed by atoms with Crippen molar-refractivity contribution < 1.29 is 18.7 Å². The van der Waals surface area contributed by atoms with E-state index in [4.69, 9.17) is 4.74 Å². The van der Waals surface area contributed by atoms with Gasteiger partial charge in [0.05, 0.1) is 5.69 Å². The monoisotopic (exact) mass is 526 g/mol. The van der Waals surface area contributed by atoms with E-state index in [1.807, 2.05) is 54.6 Å².